The molecule has 1 aromatic carbocycles. The lowest BCUT2D eigenvalue weighted by Crippen LogP contribution is -1.94. The van der Waals surface area contributed by atoms with Crippen molar-refractivity contribution in [3.8, 4) is 10.4 Å². The first-order valence-corrected chi connectivity index (χ1v) is 5.67. The minimum Gasteiger partial charge on any atom is -0.294 e. The lowest BCUT2D eigenvalue weighted by Gasteiger charge is -2.03. The van der Waals surface area contributed by atoms with Gasteiger partial charge in [-0.15, -0.1) is 11.3 Å². The Balaban J connectivity index is 2.57. The first kappa shape index (κ1) is 10.1. The van der Waals surface area contributed by atoms with Crippen LogP contribution in [0, 0.1) is 6.92 Å². The molecule has 0 saturated carbocycles. The highest BCUT2D eigenvalue weighted by Gasteiger charge is 2.09. The molecule has 2 aromatic rings. The SMILES string of the molecule is CC(=O)c1ccccc1-c1ccc(C)s1. The summed E-state index contributed by atoms with van der Waals surface area (Å²) in [6.45, 7) is 3.68. The van der Waals surface area contributed by atoms with Crippen molar-refractivity contribution in [1.29, 1.82) is 0 Å². The number of aryl methyl sites for hydroxylation is 1. The van der Waals surface area contributed by atoms with Crippen molar-refractivity contribution in [3.05, 3.63) is 46.8 Å². The van der Waals surface area contributed by atoms with E-state index in [1.54, 1.807) is 18.3 Å². The molecule has 76 valence electrons. The van der Waals surface area contributed by atoms with Crippen molar-refractivity contribution in [2.24, 2.45) is 0 Å². The van der Waals surface area contributed by atoms with E-state index < -0.39 is 0 Å². The van der Waals surface area contributed by atoms with Gasteiger partial charge in [0.25, 0.3) is 0 Å². The number of carbonyl (C=O) groups is 1. The number of Topliss-reactive ketones (excluding diaryl/α,β-unsaturated/α-hetero) is 1. The van der Waals surface area contributed by atoms with Crippen LogP contribution in [-0.2, 0) is 0 Å². The normalized spacial score (nSPS) is 10.3. The third kappa shape index (κ3) is 2.00. The van der Waals surface area contributed by atoms with E-state index in [2.05, 4.69) is 19.1 Å². The fraction of sp³-hybridized carbons (Fsp3) is 0.154. The summed E-state index contributed by atoms with van der Waals surface area (Å²) in [6.07, 6.45) is 0. The average molecular weight is 216 g/mol. The topological polar surface area (TPSA) is 17.1 Å². The van der Waals surface area contributed by atoms with E-state index >= 15 is 0 Å². The van der Waals surface area contributed by atoms with Crippen molar-refractivity contribution in [2.75, 3.05) is 0 Å². The highest BCUT2D eigenvalue weighted by molar-refractivity contribution is 7.15. The standard InChI is InChI=1S/C13H12OS/c1-9-7-8-13(15-9)12-6-4-3-5-11(12)10(2)14/h3-8H,1-2H3. The lowest BCUT2D eigenvalue weighted by atomic mass is 10.0. The maximum atomic E-state index is 11.5. The molecular formula is C13H12OS. The zero-order chi connectivity index (χ0) is 10.8. The maximum absolute atomic E-state index is 11.5. The summed E-state index contributed by atoms with van der Waals surface area (Å²) >= 11 is 1.72. The maximum Gasteiger partial charge on any atom is 0.160 e. The molecule has 0 unspecified atom stereocenters. The summed E-state index contributed by atoms with van der Waals surface area (Å²) in [5.41, 5.74) is 1.85. The van der Waals surface area contributed by atoms with Gasteiger partial charge in [0.15, 0.2) is 5.78 Å². The zero-order valence-electron chi connectivity index (χ0n) is 8.78. The molecular weight excluding hydrogens is 204 g/mol. The Morgan fingerprint density at radius 1 is 1.13 bits per heavy atom. The quantitative estimate of drug-likeness (QED) is 0.695. The van der Waals surface area contributed by atoms with Crippen LogP contribution in [0.2, 0.25) is 0 Å². The third-order valence-corrected chi connectivity index (χ3v) is 3.35. The van der Waals surface area contributed by atoms with E-state index in [0.717, 1.165) is 11.1 Å². The molecule has 2 heteroatoms. The van der Waals surface area contributed by atoms with Crippen LogP contribution in [0.3, 0.4) is 0 Å². The second-order valence-corrected chi connectivity index (χ2v) is 4.80. The second-order valence-electron chi connectivity index (χ2n) is 3.51. The summed E-state index contributed by atoms with van der Waals surface area (Å²) in [6, 6.07) is 11.9. The highest BCUT2D eigenvalue weighted by Crippen LogP contribution is 2.30. The minimum atomic E-state index is 0.122. The van der Waals surface area contributed by atoms with Gasteiger partial charge in [-0.25, -0.2) is 0 Å². The Morgan fingerprint density at radius 2 is 1.87 bits per heavy atom. The van der Waals surface area contributed by atoms with Gasteiger partial charge in [-0.2, -0.15) is 0 Å². The van der Waals surface area contributed by atoms with E-state index in [1.807, 2.05) is 24.3 Å². The Kier molecular flexibility index (Phi) is 2.69. The van der Waals surface area contributed by atoms with Crippen molar-refractivity contribution >= 4 is 17.1 Å². The van der Waals surface area contributed by atoms with Crippen molar-refractivity contribution in [3.63, 3.8) is 0 Å². The molecule has 1 aromatic heterocycles. The fourth-order valence-electron chi connectivity index (χ4n) is 1.58. The van der Waals surface area contributed by atoms with Crippen LogP contribution in [0.4, 0.5) is 0 Å². The number of carbonyl (C=O) groups excluding carboxylic acids is 1. The fourth-order valence-corrected chi connectivity index (χ4v) is 2.49. The lowest BCUT2D eigenvalue weighted by molar-refractivity contribution is 0.101. The molecule has 0 aliphatic rings. The number of hydrogen-bond acceptors (Lipinski definition) is 2. The Labute approximate surface area is 93.4 Å². The highest BCUT2D eigenvalue weighted by atomic mass is 32.1. The minimum absolute atomic E-state index is 0.122. The van der Waals surface area contributed by atoms with Crippen LogP contribution in [0.25, 0.3) is 10.4 Å². The molecule has 1 nitrogen and oxygen atoms in total. The smallest absolute Gasteiger partial charge is 0.160 e. The van der Waals surface area contributed by atoms with Gasteiger partial charge in [0, 0.05) is 20.9 Å². The predicted molar refractivity (Wildman–Crippen MR) is 64.5 cm³/mol. The van der Waals surface area contributed by atoms with Gasteiger partial charge in [-0.05, 0) is 26.0 Å². The first-order chi connectivity index (χ1) is 7.18. The summed E-state index contributed by atoms with van der Waals surface area (Å²) in [5.74, 6) is 0.122. The molecule has 0 saturated heterocycles. The molecule has 0 amide bonds. The van der Waals surface area contributed by atoms with E-state index in [0.29, 0.717) is 0 Å². The summed E-state index contributed by atoms with van der Waals surface area (Å²) in [7, 11) is 0. The van der Waals surface area contributed by atoms with E-state index in [1.165, 1.54) is 9.75 Å². The zero-order valence-corrected chi connectivity index (χ0v) is 9.60. The average Bonchev–Trinajstić information content (AvgIpc) is 2.65. The van der Waals surface area contributed by atoms with Crippen LogP contribution in [0.15, 0.2) is 36.4 Å². The van der Waals surface area contributed by atoms with Gasteiger partial charge in [0.2, 0.25) is 0 Å². The van der Waals surface area contributed by atoms with Crippen LogP contribution in [-0.4, -0.2) is 5.78 Å². The molecule has 0 aliphatic carbocycles. The number of benzene rings is 1. The number of thiophene rings is 1. The van der Waals surface area contributed by atoms with Crippen LogP contribution >= 0.6 is 11.3 Å². The molecule has 1 heterocycles. The van der Waals surface area contributed by atoms with E-state index in [-0.39, 0.29) is 5.78 Å². The molecule has 0 N–H and O–H groups in total. The molecule has 0 aliphatic heterocycles. The first-order valence-electron chi connectivity index (χ1n) is 4.85. The van der Waals surface area contributed by atoms with Crippen molar-refractivity contribution in [2.45, 2.75) is 13.8 Å². The second kappa shape index (κ2) is 3.99. The summed E-state index contributed by atoms with van der Waals surface area (Å²) in [5, 5.41) is 0. The number of ketones is 1. The molecule has 15 heavy (non-hydrogen) atoms. The Hall–Kier alpha value is -1.41. The molecule has 0 radical (unpaired) electrons. The number of rotatable bonds is 2. The van der Waals surface area contributed by atoms with Crippen molar-refractivity contribution in [1.82, 2.24) is 0 Å². The molecule has 0 fully saturated rings. The van der Waals surface area contributed by atoms with Gasteiger partial charge in [-0.1, -0.05) is 24.3 Å². The van der Waals surface area contributed by atoms with E-state index in [4.69, 9.17) is 0 Å². The Bertz CT molecular complexity index is 497. The molecule has 0 spiro atoms. The van der Waals surface area contributed by atoms with Gasteiger partial charge in [-0.3, -0.25) is 4.79 Å². The molecule has 0 atom stereocenters. The van der Waals surface area contributed by atoms with Crippen LogP contribution in [0.5, 0.6) is 0 Å². The molecule has 2 rings (SSSR count). The predicted octanol–water partition coefficient (Wildman–Crippen LogP) is 3.93. The number of hydrogen-bond donors (Lipinski definition) is 0. The van der Waals surface area contributed by atoms with Crippen LogP contribution in [0.1, 0.15) is 22.2 Å². The van der Waals surface area contributed by atoms with Gasteiger partial charge >= 0.3 is 0 Å². The third-order valence-electron chi connectivity index (χ3n) is 2.31. The summed E-state index contributed by atoms with van der Waals surface area (Å²) < 4.78 is 0. The molecule has 0 bridgehead atoms. The largest absolute Gasteiger partial charge is 0.294 e. The van der Waals surface area contributed by atoms with Gasteiger partial charge < -0.3 is 0 Å². The van der Waals surface area contributed by atoms with Crippen LogP contribution < -0.4 is 0 Å². The Morgan fingerprint density at radius 3 is 2.47 bits per heavy atom. The van der Waals surface area contributed by atoms with Gasteiger partial charge in [0.05, 0.1) is 0 Å². The summed E-state index contributed by atoms with van der Waals surface area (Å²) in [4.78, 5) is 13.9. The van der Waals surface area contributed by atoms with Gasteiger partial charge in [0.1, 0.15) is 0 Å². The van der Waals surface area contributed by atoms with Crippen molar-refractivity contribution < 1.29 is 4.79 Å². The monoisotopic (exact) mass is 216 g/mol. The van der Waals surface area contributed by atoms with E-state index in [9.17, 15) is 4.79 Å².